The van der Waals surface area contributed by atoms with Gasteiger partial charge in [-0.3, -0.25) is 4.79 Å². The number of phenolic OH excluding ortho intramolecular Hbond substituents is 1. The van der Waals surface area contributed by atoms with E-state index in [1.54, 1.807) is 43.3 Å². The molecule has 1 amide bonds. The molecule has 0 saturated heterocycles. The van der Waals surface area contributed by atoms with E-state index in [-0.39, 0.29) is 11.7 Å². The first-order chi connectivity index (χ1) is 8.99. The highest BCUT2D eigenvalue weighted by Gasteiger charge is 2.10. The molecule has 2 aromatic rings. The molecule has 0 aliphatic heterocycles. The van der Waals surface area contributed by atoms with Gasteiger partial charge in [0, 0.05) is 22.5 Å². The predicted molar refractivity (Wildman–Crippen MR) is 76.4 cm³/mol. The molecule has 0 unspecified atom stereocenters. The van der Waals surface area contributed by atoms with Crippen molar-refractivity contribution in [1.82, 2.24) is 0 Å². The minimum Gasteiger partial charge on any atom is -0.507 e. The maximum atomic E-state index is 12.1. The van der Waals surface area contributed by atoms with Crippen molar-refractivity contribution in [2.75, 3.05) is 11.1 Å². The second-order valence-corrected chi connectivity index (χ2v) is 4.48. The summed E-state index contributed by atoms with van der Waals surface area (Å²) >= 11 is 0. The third-order valence-corrected chi connectivity index (χ3v) is 3.03. The molecule has 0 aromatic heterocycles. The van der Waals surface area contributed by atoms with Crippen LogP contribution in [0.15, 0.2) is 36.4 Å². The third kappa shape index (κ3) is 2.68. The van der Waals surface area contributed by atoms with E-state index in [4.69, 9.17) is 5.73 Å². The number of hydrogen-bond acceptors (Lipinski definition) is 3. The first-order valence-corrected chi connectivity index (χ1v) is 5.95. The molecule has 0 aliphatic rings. The second kappa shape index (κ2) is 5.02. The van der Waals surface area contributed by atoms with Crippen molar-refractivity contribution in [3.8, 4) is 5.75 Å². The number of amides is 1. The molecule has 19 heavy (non-hydrogen) atoms. The largest absolute Gasteiger partial charge is 0.507 e. The fourth-order valence-corrected chi connectivity index (χ4v) is 1.85. The normalized spacial score (nSPS) is 10.2. The van der Waals surface area contributed by atoms with Crippen LogP contribution in [0.3, 0.4) is 0 Å². The summed E-state index contributed by atoms with van der Waals surface area (Å²) < 4.78 is 0. The SMILES string of the molecule is Cc1ccc(NC(=O)c2cccc(N)c2)c(C)c1O. The van der Waals surface area contributed by atoms with Gasteiger partial charge in [-0.05, 0) is 43.7 Å². The van der Waals surface area contributed by atoms with Gasteiger partial charge in [0.05, 0.1) is 0 Å². The molecule has 0 aliphatic carbocycles. The summed E-state index contributed by atoms with van der Waals surface area (Å²) in [5.41, 5.74) is 8.69. The van der Waals surface area contributed by atoms with Crippen molar-refractivity contribution >= 4 is 17.3 Å². The van der Waals surface area contributed by atoms with E-state index in [9.17, 15) is 9.90 Å². The first kappa shape index (κ1) is 13.0. The third-order valence-electron chi connectivity index (χ3n) is 3.03. The Morgan fingerprint density at radius 3 is 2.63 bits per heavy atom. The van der Waals surface area contributed by atoms with Crippen LogP contribution in [0, 0.1) is 13.8 Å². The lowest BCUT2D eigenvalue weighted by molar-refractivity contribution is 0.102. The van der Waals surface area contributed by atoms with Crippen LogP contribution < -0.4 is 11.1 Å². The van der Waals surface area contributed by atoms with Crippen molar-refractivity contribution in [3.63, 3.8) is 0 Å². The summed E-state index contributed by atoms with van der Waals surface area (Å²) in [6.45, 7) is 3.57. The average Bonchev–Trinajstić information content (AvgIpc) is 2.39. The smallest absolute Gasteiger partial charge is 0.255 e. The molecule has 0 radical (unpaired) electrons. The fourth-order valence-electron chi connectivity index (χ4n) is 1.85. The van der Waals surface area contributed by atoms with Gasteiger partial charge >= 0.3 is 0 Å². The summed E-state index contributed by atoms with van der Waals surface area (Å²) in [6.07, 6.45) is 0. The number of aromatic hydroxyl groups is 1. The quantitative estimate of drug-likeness (QED) is 0.723. The van der Waals surface area contributed by atoms with Crippen molar-refractivity contribution < 1.29 is 9.90 Å². The molecule has 0 bridgehead atoms. The van der Waals surface area contributed by atoms with Gasteiger partial charge in [-0.2, -0.15) is 0 Å². The molecule has 0 heterocycles. The Morgan fingerprint density at radius 2 is 1.95 bits per heavy atom. The molecular formula is C15H16N2O2. The zero-order valence-electron chi connectivity index (χ0n) is 10.9. The van der Waals surface area contributed by atoms with Gasteiger partial charge in [-0.25, -0.2) is 0 Å². The lowest BCUT2D eigenvalue weighted by Gasteiger charge is -2.11. The van der Waals surface area contributed by atoms with Gasteiger partial charge in [0.15, 0.2) is 0 Å². The molecule has 0 spiro atoms. The Hall–Kier alpha value is -2.49. The minimum atomic E-state index is -0.251. The maximum Gasteiger partial charge on any atom is 0.255 e. The number of rotatable bonds is 2. The van der Waals surface area contributed by atoms with E-state index < -0.39 is 0 Å². The number of carbonyl (C=O) groups is 1. The number of anilines is 2. The number of nitrogens with one attached hydrogen (secondary N) is 1. The fraction of sp³-hybridized carbons (Fsp3) is 0.133. The van der Waals surface area contributed by atoms with Crippen LogP contribution in [0.2, 0.25) is 0 Å². The standard InChI is InChI=1S/C15H16N2O2/c1-9-6-7-13(10(2)14(9)18)17-15(19)11-4-3-5-12(16)8-11/h3-8,18H,16H2,1-2H3,(H,17,19). The highest BCUT2D eigenvalue weighted by molar-refractivity contribution is 6.05. The van der Waals surface area contributed by atoms with E-state index in [2.05, 4.69) is 5.32 Å². The monoisotopic (exact) mass is 256 g/mol. The van der Waals surface area contributed by atoms with E-state index in [0.29, 0.717) is 22.5 Å². The number of nitrogens with two attached hydrogens (primary N) is 1. The van der Waals surface area contributed by atoms with Crippen LogP contribution in [-0.2, 0) is 0 Å². The van der Waals surface area contributed by atoms with Crippen LogP contribution in [0.4, 0.5) is 11.4 Å². The number of hydrogen-bond donors (Lipinski definition) is 3. The number of carbonyl (C=O) groups excluding carboxylic acids is 1. The molecule has 4 heteroatoms. The van der Waals surface area contributed by atoms with Gasteiger partial charge in [0.25, 0.3) is 5.91 Å². The zero-order valence-corrected chi connectivity index (χ0v) is 10.9. The molecule has 0 atom stereocenters. The lowest BCUT2D eigenvalue weighted by atomic mass is 10.1. The van der Waals surface area contributed by atoms with Crippen molar-refractivity contribution in [3.05, 3.63) is 53.1 Å². The Kier molecular flexibility index (Phi) is 3.42. The molecule has 4 nitrogen and oxygen atoms in total. The highest BCUT2D eigenvalue weighted by atomic mass is 16.3. The Bertz CT molecular complexity index is 636. The molecule has 2 rings (SSSR count). The number of phenols is 1. The van der Waals surface area contributed by atoms with E-state index in [0.717, 1.165) is 5.56 Å². The van der Waals surface area contributed by atoms with E-state index >= 15 is 0 Å². The van der Waals surface area contributed by atoms with Crippen LogP contribution in [0.5, 0.6) is 5.75 Å². The molecule has 4 N–H and O–H groups in total. The second-order valence-electron chi connectivity index (χ2n) is 4.48. The van der Waals surface area contributed by atoms with Crippen LogP contribution >= 0.6 is 0 Å². The van der Waals surface area contributed by atoms with E-state index in [1.165, 1.54) is 0 Å². The van der Waals surface area contributed by atoms with Gasteiger partial charge in [0.2, 0.25) is 0 Å². The van der Waals surface area contributed by atoms with Crippen molar-refractivity contribution in [2.24, 2.45) is 0 Å². The highest BCUT2D eigenvalue weighted by Crippen LogP contribution is 2.28. The zero-order chi connectivity index (χ0) is 14.0. The van der Waals surface area contributed by atoms with Gasteiger partial charge in [0.1, 0.15) is 5.75 Å². The Morgan fingerprint density at radius 1 is 1.21 bits per heavy atom. The summed E-state index contributed by atoms with van der Waals surface area (Å²) in [7, 11) is 0. The number of aryl methyl sites for hydroxylation is 1. The Labute approximate surface area is 111 Å². The number of nitrogen functional groups attached to an aromatic ring is 1. The van der Waals surface area contributed by atoms with Gasteiger partial charge in [-0.1, -0.05) is 12.1 Å². The molecule has 98 valence electrons. The van der Waals surface area contributed by atoms with Gasteiger partial charge in [-0.15, -0.1) is 0 Å². The molecule has 0 saturated carbocycles. The average molecular weight is 256 g/mol. The van der Waals surface area contributed by atoms with E-state index in [1.807, 2.05) is 6.92 Å². The van der Waals surface area contributed by atoms with Crippen molar-refractivity contribution in [1.29, 1.82) is 0 Å². The summed E-state index contributed by atoms with van der Waals surface area (Å²) in [5, 5.41) is 12.6. The first-order valence-electron chi connectivity index (χ1n) is 5.95. The van der Waals surface area contributed by atoms with Gasteiger partial charge < -0.3 is 16.2 Å². The topological polar surface area (TPSA) is 75.4 Å². The van der Waals surface area contributed by atoms with Crippen LogP contribution in [0.25, 0.3) is 0 Å². The lowest BCUT2D eigenvalue weighted by Crippen LogP contribution is -2.13. The molecule has 0 fully saturated rings. The summed E-state index contributed by atoms with van der Waals surface area (Å²) in [4.78, 5) is 12.1. The van der Waals surface area contributed by atoms with Crippen LogP contribution in [0.1, 0.15) is 21.5 Å². The van der Waals surface area contributed by atoms with Crippen LogP contribution in [-0.4, -0.2) is 11.0 Å². The Balaban J connectivity index is 2.27. The van der Waals surface area contributed by atoms with Crippen molar-refractivity contribution in [2.45, 2.75) is 13.8 Å². The maximum absolute atomic E-state index is 12.1. The minimum absolute atomic E-state index is 0.199. The predicted octanol–water partition coefficient (Wildman–Crippen LogP) is 2.84. The molecule has 2 aromatic carbocycles. The summed E-state index contributed by atoms with van der Waals surface area (Å²) in [5.74, 6) is -0.0518. The summed E-state index contributed by atoms with van der Waals surface area (Å²) in [6, 6.07) is 10.3. The number of benzene rings is 2. The molecular weight excluding hydrogens is 240 g/mol.